The van der Waals surface area contributed by atoms with Crippen LogP contribution >= 0.6 is 58.0 Å². The van der Waals surface area contributed by atoms with E-state index in [1.54, 1.807) is 35.8 Å². The molecule has 12 rings (SSSR count). The predicted molar refractivity (Wildman–Crippen MR) is 453 cm³/mol. The lowest BCUT2D eigenvalue weighted by Crippen LogP contribution is -2.49. The summed E-state index contributed by atoms with van der Waals surface area (Å²) < 4.78 is 16.5. The molecule has 5 unspecified atom stereocenters. The van der Waals surface area contributed by atoms with Gasteiger partial charge in [0.25, 0.3) is 0 Å². The smallest absolute Gasteiger partial charge is 0.410 e. The summed E-state index contributed by atoms with van der Waals surface area (Å²) in [6.07, 6.45) is 20.9. The molecule has 0 radical (unpaired) electrons. The molecule has 5 aliphatic rings. The van der Waals surface area contributed by atoms with Gasteiger partial charge in [0.2, 0.25) is 23.8 Å². The number of likely N-dealkylation sites (tertiary alicyclic amines) is 3. The summed E-state index contributed by atoms with van der Waals surface area (Å²) in [4.78, 5) is 72.7. The van der Waals surface area contributed by atoms with Gasteiger partial charge < -0.3 is 82.5 Å². The van der Waals surface area contributed by atoms with Crippen LogP contribution in [-0.4, -0.2) is 168 Å². The van der Waals surface area contributed by atoms with E-state index in [0.29, 0.717) is 94.3 Å². The van der Waals surface area contributed by atoms with Gasteiger partial charge in [-0.15, -0.1) is 0 Å². The molecule has 8 heterocycles. The van der Waals surface area contributed by atoms with Gasteiger partial charge in [-0.2, -0.15) is 15.0 Å². The lowest BCUT2D eigenvalue weighted by atomic mass is 10.0. The Labute approximate surface area is 679 Å². The molecule has 0 bridgehead atoms. The van der Waals surface area contributed by atoms with Crippen LogP contribution in [0.1, 0.15) is 147 Å². The lowest BCUT2D eigenvalue weighted by molar-refractivity contribution is 0.0100. The summed E-state index contributed by atoms with van der Waals surface area (Å²) in [6, 6.07) is 36.0. The third-order valence-electron chi connectivity index (χ3n) is 17.0. The molecular formula is C80H111Cl5N20O6. The number of aromatic nitrogens is 6. The molecule has 31 heteroatoms. The van der Waals surface area contributed by atoms with Crippen molar-refractivity contribution in [2.45, 2.75) is 193 Å². The van der Waals surface area contributed by atoms with E-state index in [0.717, 1.165) is 106 Å². The molecule has 5 atom stereocenters. The second-order valence-corrected chi connectivity index (χ2v) is 31.9. The first-order valence-electron chi connectivity index (χ1n) is 37.5. The van der Waals surface area contributed by atoms with E-state index < -0.39 is 16.8 Å². The van der Waals surface area contributed by atoms with E-state index in [1.165, 1.54) is 19.3 Å². The third-order valence-corrected chi connectivity index (χ3v) is 18.2. The number of hydrogen-bond donors (Lipinski definition) is 10. The fourth-order valence-electron chi connectivity index (χ4n) is 11.9. The number of guanidine groups is 1. The van der Waals surface area contributed by atoms with Crippen molar-refractivity contribution in [1.82, 2.24) is 55.2 Å². The summed E-state index contributed by atoms with van der Waals surface area (Å²) in [7, 11) is 0. The Kier molecular flexibility index (Phi) is 36.2. The van der Waals surface area contributed by atoms with Crippen LogP contribution in [0, 0.1) is 0 Å². The Morgan fingerprint density at radius 1 is 0.477 bits per heavy atom. The highest BCUT2D eigenvalue weighted by atomic mass is 35.5. The van der Waals surface area contributed by atoms with Gasteiger partial charge in [-0.25, -0.2) is 34.3 Å². The fourth-order valence-corrected chi connectivity index (χ4v) is 12.9. The van der Waals surface area contributed by atoms with E-state index in [2.05, 4.69) is 82.7 Å². The average Bonchev–Trinajstić information content (AvgIpc) is 0.851. The van der Waals surface area contributed by atoms with Crippen LogP contribution < -0.4 is 53.6 Å². The fraction of sp³-hybridized carbons (Fsp3) is 0.475. The van der Waals surface area contributed by atoms with Crippen LogP contribution in [0.25, 0.3) is 0 Å². The number of rotatable bonds is 17. The number of aliphatic imine (C=N–C) groups is 1. The number of nitrogens with two attached hydrogens (primary N) is 1. The first-order chi connectivity index (χ1) is 52.6. The van der Waals surface area contributed by atoms with Crippen molar-refractivity contribution in [2.24, 2.45) is 10.7 Å². The van der Waals surface area contributed by atoms with E-state index in [-0.39, 0.29) is 49.3 Å². The predicted octanol–water partition coefficient (Wildman–Crippen LogP) is 18.7. The molecular weight excluding hydrogens is 1510 g/mol. The van der Waals surface area contributed by atoms with Gasteiger partial charge in [-0.3, -0.25) is 0 Å². The molecule has 0 saturated carbocycles. The molecule has 26 nitrogen and oxygen atoms in total. The number of anilines is 10. The zero-order valence-corrected chi connectivity index (χ0v) is 68.1. The molecule has 4 aromatic carbocycles. The quantitative estimate of drug-likeness (QED) is 0.0230. The molecule has 0 aliphatic carbocycles. The topological polar surface area (TPSA) is 313 Å². The molecule has 602 valence electrons. The highest BCUT2D eigenvalue weighted by Crippen LogP contribution is 2.28. The zero-order valence-electron chi connectivity index (χ0n) is 64.3. The van der Waals surface area contributed by atoms with Gasteiger partial charge in [-0.05, 0) is 237 Å². The number of benzene rings is 4. The van der Waals surface area contributed by atoms with Gasteiger partial charge in [0.15, 0.2) is 0 Å². The van der Waals surface area contributed by atoms with Crippen LogP contribution in [-0.2, 0) is 14.2 Å². The summed E-state index contributed by atoms with van der Waals surface area (Å²) in [5, 5.41) is 31.7. The first-order valence-corrected chi connectivity index (χ1v) is 39.4. The van der Waals surface area contributed by atoms with Gasteiger partial charge in [-0.1, -0.05) is 96.1 Å². The maximum Gasteiger partial charge on any atom is 0.410 e. The van der Waals surface area contributed by atoms with Crippen molar-refractivity contribution < 1.29 is 28.6 Å². The molecule has 4 saturated heterocycles. The van der Waals surface area contributed by atoms with Crippen LogP contribution in [0.4, 0.5) is 72.4 Å². The molecule has 4 fully saturated rings. The standard InChI is InChI=1S/2C21H28ClN5O2.C16H20ClN5.C11H22N2O2.C10H9Cl2N3.CH4/c2*1-21(2,3)29-20(28)27-12-5-4-9-17(27)14-24-18-10-11-23-19(26-18)25-16-8-6-7-15(22)13-16;17-12-4-3-6-13(10-12)21-16-19-9-7-15(22-16)20-11-14-5-1-2-8-18-14;1-11(2,3)15-10(14)13-7-5-4-6-9(13)8-12;11-7-2-1-3-8(6-7)14-10-13-5-4-9(12)15-10;/h2*6-8,10-11,13,17H,4-5,9,12,14H2,1-3H3,(H2,23,24,25,26);3-4,6-7,9-10,14,18H,1-2,5,8,11H2,(H2,19,20,21,22);9H,4-8,12H2,1-3H3;1-6,9H,(H2,13,14,15);1H4. The van der Waals surface area contributed by atoms with E-state index in [1.807, 2.05) is 187 Å². The first kappa shape index (κ1) is 89.3. The van der Waals surface area contributed by atoms with E-state index in [9.17, 15) is 14.4 Å². The van der Waals surface area contributed by atoms with Gasteiger partial charge in [0.05, 0.1) is 12.1 Å². The Morgan fingerprint density at radius 3 is 1.17 bits per heavy atom. The second-order valence-electron chi connectivity index (χ2n) is 29.7. The number of piperidine rings is 4. The van der Waals surface area contributed by atoms with Crippen molar-refractivity contribution in [3.8, 4) is 0 Å². The number of carbonyl (C=O) groups is 3. The SMILES string of the molecule is C.CC(C)(C)OC(=O)N1CCCCC1CN.CC(C)(C)OC(=O)N1CCCCC1CNc1ccnc(Nc2cccc(Cl)c2)n1.CC(C)(C)OC(=O)N1CCCCC1CNc1ccnc(Nc2cccc(Cl)c2)n1.Clc1cccc(NC2=NC(Cl)C=CN2)c1.Clc1cccc(Nc2nccc(NCC3CCCCN3)n2)c1. The number of carbonyl (C=O) groups excluding carboxylic acids is 3. The minimum Gasteiger partial charge on any atom is -0.444 e. The summed E-state index contributed by atoms with van der Waals surface area (Å²) in [5.41, 5.74) is 7.27. The van der Waals surface area contributed by atoms with E-state index >= 15 is 0 Å². The largest absolute Gasteiger partial charge is 0.444 e. The normalized spacial score (nSPS) is 18.1. The highest BCUT2D eigenvalue weighted by Gasteiger charge is 2.33. The molecule has 111 heavy (non-hydrogen) atoms. The van der Waals surface area contributed by atoms with Crippen molar-refractivity contribution in [3.63, 3.8) is 0 Å². The van der Waals surface area contributed by atoms with Gasteiger partial charge in [0, 0.05) is 126 Å². The van der Waals surface area contributed by atoms with Gasteiger partial charge >= 0.3 is 18.3 Å². The summed E-state index contributed by atoms with van der Waals surface area (Å²) in [5.74, 6) is 4.34. The van der Waals surface area contributed by atoms with Crippen LogP contribution in [0.3, 0.4) is 0 Å². The number of halogens is 5. The minimum absolute atomic E-state index is 0. The highest BCUT2D eigenvalue weighted by molar-refractivity contribution is 6.32. The Hall–Kier alpha value is -8.89. The van der Waals surface area contributed by atoms with Crippen LogP contribution in [0.5, 0.6) is 0 Å². The van der Waals surface area contributed by atoms with Crippen molar-refractivity contribution in [1.29, 1.82) is 0 Å². The second kappa shape index (κ2) is 45.0. The minimum atomic E-state index is -0.500. The Balaban J connectivity index is 0.000000197. The number of ether oxygens (including phenoxy) is 3. The number of nitrogens with one attached hydrogen (secondary N) is 9. The monoisotopic (exact) mass is 1620 g/mol. The maximum absolute atomic E-state index is 12.5. The maximum atomic E-state index is 12.5. The van der Waals surface area contributed by atoms with Crippen LogP contribution in [0.2, 0.25) is 20.1 Å². The Bertz CT molecular complexity index is 3950. The van der Waals surface area contributed by atoms with Crippen molar-refractivity contribution in [2.75, 3.05) is 89.6 Å². The number of hydrogen-bond acceptors (Lipinski definition) is 23. The molecule has 3 aromatic heterocycles. The van der Waals surface area contributed by atoms with Gasteiger partial charge in [0.1, 0.15) is 39.8 Å². The average molecular weight is 1630 g/mol. The molecule has 0 spiro atoms. The summed E-state index contributed by atoms with van der Waals surface area (Å²) in [6.45, 7) is 22.9. The van der Waals surface area contributed by atoms with Crippen molar-refractivity contribution >= 4 is 140 Å². The molecule has 3 amide bonds. The number of amides is 3. The van der Waals surface area contributed by atoms with Crippen molar-refractivity contribution in [3.05, 3.63) is 166 Å². The summed E-state index contributed by atoms with van der Waals surface area (Å²) >= 11 is 29.7. The molecule has 11 N–H and O–H groups in total. The lowest BCUT2D eigenvalue weighted by Gasteiger charge is -2.36. The van der Waals surface area contributed by atoms with E-state index in [4.69, 9.17) is 77.9 Å². The van der Waals surface area contributed by atoms with Crippen LogP contribution in [0.15, 0.2) is 151 Å². The number of alkyl halides is 1. The number of nitrogens with zero attached hydrogens (tertiary/aromatic N) is 10. The molecule has 5 aliphatic heterocycles. The molecule has 7 aromatic rings. The zero-order chi connectivity index (χ0) is 79.1. The third kappa shape index (κ3) is 33.5. The Morgan fingerprint density at radius 2 is 0.829 bits per heavy atom.